The van der Waals surface area contributed by atoms with Gasteiger partial charge in [0.15, 0.2) is 0 Å². The molecule has 0 radical (unpaired) electrons. The minimum atomic E-state index is 0.212. The molecule has 0 aromatic heterocycles. The van der Waals surface area contributed by atoms with E-state index in [1.165, 1.54) is 0 Å². The first-order chi connectivity index (χ1) is 7.56. The van der Waals surface area contributed by atoms with Gasteiger partial charge in [-0.25, -0.2) is 0 Å². The van der Waals surface area contributed by atoms with E-state index in [4.69, 9.17) is 15.2 Å². The van der Waals surface area contributed by atoms with Gasteiger partial charge >= 0.3 is 0 Å². The second kappa shape index (κ2) is 5.75. The lowest BCUT2D eigenvalue weighted by atomic mass is 10.1. The van der Waals surface area contributed by atoms with Crippen LogP contribution in [0, 0.1) is 5.92 Å². The topological polar surface area (TPSA) is 44.5 Å². The van der Waals surface area contributed by atoms with E-state index >= 15 is 0 Å². The summed E-state index contributed by atoms with van der Waals surface area (Å²) in [5.74, 6) is 1.28. The predicted octanol–water partition coefficient (Wildman–Crippen LogP) is 2.84. The molecule has 1 atom stereocenters. The van der Waals surface area contributed by atoms with Crippen LogP contribution in [0.4, 0.5) is 5.69 Å². The fourth-order valence-electron chi connectivity index (χ4n) is 1.34. The maximum atomic E-state index is 5.90. The number of benzene rings is 1. The monoisotopic (exact) mass is 223 g/mol. The fourth-order valence-corrected chi connectivity index (χ4v) is 1.34. The lowest BCUT2D eigenvalue weighted by molar-refractivity contribution is 0.0229. The zero-order chi connectivity index (χ0) is 12.1. The van der Waals surface area contributed by atoms with E-state index in [1.54, 1.807) is 7.11 Å². The third-order valence-electron chi connectivity index (χ3n) is 2.82. The molecule has 1 rings (SSSR count). The van der Waals surface area contributed by atoms with Gasteiger partial charge in [0.25, 0.3) is 0 Å². The zero-order valence-electron chi connectivity index (χ0n) is 10.5. The highest BCUT2D eigenvalue weighted by Crippen LogP contribution is 2.25. The van der Waals surface area contributed by atoms with Crippen molar-refractivity contribution in [3.05, 3.63) is 23.8 Å². The van der Waals surface area contributed by atoms with Crippen LogP contribution >= 0.6 is 0 Å². The SMILES string of the molecule is COc1cccc(N)c1CO[C@H](C)C(C)C. The second-order valence-electron chi connectivity index (χ2n) is 4.29. The normalized spacial score (nSPS) is 12.8. The van der Waals surface area contributed by atoms with Crippen LogP contribution in [0.25, 0.3) is 0 Å². The van der Waals surface area contributed by atoms with Gasteiger partial charge in [-0.05, 0) is 25.0 Å². The number of hydrogen-bond donors (Lipinski definition) is 1. The first-order valence-corrected chi connectivity index (χ1v) is 5.59. The largest absolute Gasteiger partial charge is 0.496 e. The van der Waals surface area contributed by atoms with Crippen LogP contribution in [0.5, 0.6) is 5.75 Å². The molecule has 0 saturated heterocycles. The van der Waals surface area contributed by atoms with E-state index in [1.807, 2.05) is 18.2 Å². The predicted molar refractivity (Wildman–Crippen MR) is 66.5 cm³/mol. The van der Waals surface area contributed by atoms with Crippen LogP contribution in [0.2, 0.25) is 0 Å². The molecule has 1 aromatic rings. The maximum absolute atomic E-state index is 5.90. The first-order valence-electron chi connectivity index (χ1n) is 5.59. The van der Waals surface area contributed by atoms with Gasteiger partial charge in [-0.3, -0.25) is 0 Å². The van der Waals surface area contributed by atoms with Gasteiger partial charge in [0, 0.05) is 11.3 Å². The number of nitrogen functional groups attached to an aromatic ring is 1. The average molecular weight is 223 g/mol. The first kappa shape index (κ1) is 12.8. The van der Waals surface area contributed by atoms with Gasteiger partial charge in [-0.15, -0.1) is 0 Å². The molecule has 16 heavy (non-hydrogen) atoms. The van der Waals surface area contributed by atoms with Gasteiger partial charge in [-0.2, -0.15) is 0 Å². The quantitative estimate of drug-likeness (QED) is 0.781. The van der Waals surface area contributed by atoms with E-state index in [0.29, 0.717) is 12.5 Å². The number of nitrogens with two attached hydrogens (primary N) is 1. The summed E-state index contributed by atoms with van der Waals surface area (Å²) in [6.07, 6.45) is 0.212. The molecule has 0 spiro atoms. The Hall–Kier alpha value is -1.22. The van der Waals surface area contributed by atoms with E-state index in [9.17, 15) is 0 Å². The van der Waals surface area contributed by atoms with Crippen molar-refractivity contribution in [2.75, 3.05) is 12.8 Å². The average Bonchev–Trinajstić information content (AvgIpc) is 2.26. The molecular formula is C13H21NO2. The summed E-state index contributed by atoms with van der Waals surface area (Å²) in [6, 6.07) is 5.64. The molecule has 0 amide bonds. The second-order valence-corrected chi connectivity index (χ2v) is 4.29. The molecule has 3 heteroatoms. The summed E-state index contributed by atoms with van der Waals surface area (Å²) < 4.78 is 11.0. The Morgan fingerprint density at radius 2 is 1.94 bits per heavy atom. The lowest BCUT2D eigenvalue weighted by Crippen LogP contribution is -2.15. The molecule has 0 bridgehead atoms. The fraction of sp³-hybridized carbons (Fsp3) is 0.538. The molecule has 0 unspecified atom stereocenters. The Morgan fingerprint density at radius 3 is 2.50 bits per heavy atom. The highest BCUT2D eigenvalue weighted by Gasteiger charge is 2.11. The van der Waals surface area contributed by atoms with Crippen molar-refractivity contribution in [3.63, 3.8) is 0 Å². The van der Waals surface area contributed by atoms with Crippen LogP contribution in [0.15, 0.2) is 18.2 Å². The Kier molecular flexibility index (Phi) is 4.62. The molecule has 0 heterocycles. The van der Waals surface area contributed by atoms with Gasteiger partial charge < -0.3 is 15.2 Å². The minimum Gasteiger partial charge on any atom is -0.496 e. The molecule has 0 aliphatic rings. The summed E-state index contributed by atoms with van der Waals surface area (Å²) in [5.41, 5.74) is 7.55. The van der Waals surface area contributed by atoms with Gasteiger partial charge in [0.1, 0.15) is 5.75 Å². The van der Waals surface area contributed by atoms with Crippen LogP contribution in [-0.2, 0) is 11.3 Å². The molecule has 3 nitrogen and oxygen atoms in total. The molecule has 0 saturated carbocycles. The summed E-state index contributed by atoms with van der Waals surface area (Å²) >= 11 is 0. The zero-order valence-corrected chi connectivity index (χ0v) is 10.5. The van der Waals surface area contributed by atoms with Gasteiger partial charge in [0.05, 0.1) is 19.8 Å². The van der Waals surface area contributed by atoms with Crippen molar-refractivity contribution in [3.8, 4) is 5.75 Å². The molecular weight excluding hydrogens is 202 g/mol. The Morgan fingerprint density at radius 1 is 1.25 bits per heavy atom. The van der Waals surface area contributed by atoms with E-state index < -0.39 is 0 Å². The minimum absolute atomic E-state index is 0.212. The Bertz CT molecular complexity index is 337. The standard InChI is InChI=1S/C13H21NO2/c1-9(2)10(3)16-8-11-12(14)6-5-7-13(11)15-4/h5-7,9-10H,8,14H2,1-4H3/t10-/m1/s1. The molecule has 0 aliphatic carbocycles. The van der Waals surface area contributed by atoms with Gasteiger partial charge in [0.2, 0.25) is 0 Å². The highest BCUT2D eigenvalue weighted by molar-refractivity contribution is 5.53. The van der Waals surface area contributed by atoms with Crippen LogP contribution in [0.1, 0.15) is 26.3 Å². The lowest BCUT2D eigenvalue weighted by Gasteiger charge is -2.18. The maximum Gasteiger partial charge on any atom is 0.126 e. The third-order valence-corrected chi connectivity index (χ3v) is 2.82. The van der Waals surface area contributed by atoms with Crippen molar-refractivity contribution in [1.82, 2.24) is 0 Å². The van der Waals surface area contributed by atoms with Crippen molar-refractivity contribution >= 4 is 5.69 Å². The summed E-state index contributed by atoms with van der Waals surface area (Å²) in [5, 5.41) is 0. The molecule has 1 aromatic carbocycles. The molecule has 0 aliphatic heterocycles. The van der Waals surface area contributed by atoms with Crippen molar-refractivity contribution < 1.29 is 9.47 Å². The number of ether oxygens (including phenoxy) is 2. The summed E-state index contributed by atoms with van der Waals surface area (Å²) in [6.45, 7) is 6.83. The number of hydrogen-bond acceptors (Lipinski definition) is 3. The van der Waals surface area contributed by atoms with E-state index in [2.05, 4.69) is 20.8 Å². The van der Waals surface area contributed by atoms with Gasteiger partial charge in [-0.1, -0.05) is 19.9 Å². The molecule has 2 N–H and O–H groups in total. The number of rotatable bonds is 5. The third kappa shape index (κ3) is 3.14. The van der Waals surface area contributed by atoms with Crippen molar-refractivity contribution in [1.29, 1.82) is 0 Å². The Labute approximate surface area is 97.6 Å². The van der Waals surface area contributed by atoms with Crippen molar-refractivity contribution in [2.24, 2.45) is 5.92 Å². The highest BCUT2D eigenvalue weighted by atomic mass is 16.5. The summed E-state index contributed by atoms with van der Waals surface area (Å²) in [4.78, 5) is 0. The number of anilines is 1. The number of methoxy groups -OCH3 is 1. The molecule has 0 fully saturated rings. The Balaban J connectivity index is 2.73. The smallest absolute Gasteiger partial charge is 0.126 e. The van der Waals surface area contributed by atoms with Crippen LogP contribution in [-0.4, -0.2) is 13.2 Å². The van der Waals surface area contributed by atoms with Crippen LogP contribution in [0.3, 0.4) is 0 Å². The summed E-state index contributed by atoms with van der Waals surface area (Å²) in [7, 11) is 1.64. The van der Waals surface area contributed by atoms with E-state index in [-0.39, 0.29) is 6.10 Å². The van der Waals surface area contributed by atoms with E-state index in [0.717, 1.165) is 17.0 Å². The van der Waals surface area contributed by atoms with Crippen molar-refractivity contribution in [2.45, 2.75) is 33.5 Å². The molecule has 90 valence electrons. The van der Waals surface area contributed by atoms with Crippen LogP contribution < -0.4 is 10.5 Å².